The van der Waals surface area contributed by atoms with Crippen LogP contribution in [0.3, 0.4) is 0 Å². The van der Waals surface area contributed by atoms with Crippen molar-refractivity contribution in [3.05, 3.63) is 58.9 Å². The summed E-state index contributed by atoms with van der Waals surface area (Å²) in [5.74, 6) is 1.07. The lowest BCUT2D eigenvalue weighted by Gasteiger charge is -2.26. The molecule has 3 aromatic rings. The summed E-state index contributed by atoms with van der Waals surface area (Å²) in [6, 6.07) is 10.7. The third-order valence-electron chi connectivity index (χ3n) is 5.31. The lowest BCUT2D eigenvalue weighted by atomic mass is 10.2. The molecule has 0 saturated carbocycles. The maximum atomic E-state index is 13.2. The van der Waals surface area contributed by atoms with Crippen molar-refractivity contribution in [2.75, 3.05) is 32.8 Å². The quantitative estimate of drug-likeness (QED) is 0.504. The fourth-order valence-corrected chi connectivity index (χ4v) is 3.89. The third kappa shape index (κ3) is 5.31. The summed E-state index contributed by atoms with van der Waals surface area (Å²) in [7, 11) is 0. The summed E-state index contributed by atoms with van der Waals surface area (Å²) >= 11 is 6.16. The van der Waals surface area contributed by atoms with Crippen molar-refractivity contribution >= 4 is 22.6 Å². The zero-order valence-electron chi connectivity index (χ0n) is 16.9. The van der Waals surface area contributed by atoms with E-state index in [4.69, 9.17) is 21.1 Å². The molecule has 4 rings (SSSR count). The first-order valence-corrected chi connectivity index (χ1v) is 10.5. The van der Waals surface area contributed by atoms with Crippen LogP contribution in [0.25, 0.3) is 11.0 Å². The van der Waals surface area contributed by atoms with Crippen molar-refractivity contribution in [3.63, 3.8) is 0 Å². The largest absolute Gasteiger partial charge is 0.484 e. The average molecular weight is 454 g/mol. The minimum Gasteiger partial charge on any atom is -0.484 e. The Bertz CT molecular complexity index is 1030. The second-order valence-corrected chi connectivity index (χ2v) is 7.81. The van der Waals surface area contributed by atoms with Gasteiger partial charge in [0.15, 0.2) is 0 Å². The number of ether oxygens (including phenoxy) is 2. The Balaban J connectivity index is 1.56. The molecular weight excluding hydrogens is 431 g/mol. The summed E-state index contributed by atoms with van der Waals surface area (Å²) in [5.41, 5.74) is 0.253. The lowest BCUT2D eigenvalue weighted by Crippen LogP contribution is -2.37. The minimum atomic E-state index is -4.41. The molecule has 0 N–H and O–H groups in total. The first-order chi connectivity index (χ1) is 14.9. The number of nitrogens with zero attached hydrogens (tertiary/aromatic N) is 3. The number of rotatable bonds is 7. The van der Waals surface area contributed by atoms with E-state index in [1.54, 1.807) is 18.2 Å². The minimum absolute atomic E-state index is 0.108. The van der Waals surface area contributed by atoms with Crippen LogP contribution in [0.1, 0.15) is 17.8 Å². The van der Waals surface area contributed by atoms with Gasteiger partial charge in [-0.25, -0.2) is 4.98 Å². The van der Waals surface area contributed by atoms with E-state index < -0.39 is 11.7 Å². The van der Waals surface area contributed by atoms with Gasteiger partial charge in [0.2, 0.25) is 0 Å². The summed E-state index contributed by atoms with van der Waals surface area (Å²) < 4.78 is 52.6. The number of morpholine rings is 1. The van der Waals surface area contributed by atoms with E-state index in [0.717, 1.165) is 51.4 Å². The first kappa shape index (κ1) is 21.9. The van der Waals surface area contributed by atoms with Gasteiger partial charge in [0, 0.05) is 26.2 Å². The van der Waals surface area contributed by atoms with Gasteiger partial charge in [-0.3, -0.25) is 4.90 Å². The zero-order chi connectivity index (χ0) is 21.8. The van der Waals surface area contributed by atoms with Crippen LogP contribution in [0.4, 0.5) is 13.2 Å². The molecule has 1 fully saturated rings. The molecule has 0 bridgehead atoms. The molecule has 0 atom stereocenters. The number of halogens is 4. The van der Waals surface area contributed by atoms with Crippen molar-refractivity contribution in [1.82, 2.24) is 14.5 Å². The van der Waals surface area contributed by atoms with Gasteiger partial charge in [-0.05, 0) is 36.8 Å². The van der Waals surface area contributed by atoms with Gasteiger partial charge in [-0.1, -0.05) is 23.7 Å². The molecule has 0 amide bonds. The maximum Gasteiger partial charge on any atom is 0.416 e. The van der Waals surface area contributed by atoms with Crippen LogP contribution in [0.2, 0.25) is 5.02 Å². The monoisotopic (exact) mass is 453 g/mol. The fourth-order valence-electron chi connectivity index (χ4n) is 3.70. The molecule has 0 aliphatic carbocycles. The van der Waals surface area contributed by atoms with E-state index in [2.05, 4.69) is 9.88 Å². The number of aryl methyl sites for hydroxylation is 1. The van der Waals surface area contributed by atoms with Crippen molar-refractivity contribution in [1.29, 1.82) is 0 Å². The predicted molar refractivity (Wildman–Crippen MR) is 112 cm³/mol. The zero-order valence-corrected chi connectivity index (χ0v) is 17.6. The van der Waals surface area contributed by atoms with Crippen LogP contribution in [0.5, 0.6) is 5.75 Å². The molecule has 0 radical (unpaired) electrons. The molecule has 1 saturated heterocycles. The number of para-hydroxylation sites is 1. The number of benzene rings is 2. The number of imidazole rings is 1. The molecule has 5 nitrogen and oxygen atoms in total. The highest BCUT2D eigenvalue weighted by Gasteiger charge is 2.31. The molecule has 1 aliphatic heterocycles. The predicted octanol–water partition coefficient (Wildman–Crippen LogP) is 5.01. The highest BCUT2D eigenvalue weighted by atomic mass is 35.5. The van der Waals surface area contributed by atoms with Gasteiger partial charge in [0.05, 0.1) is 34.8 Å². The van der Waals surface area contributed by atoms with Crippen molar-refractivity contribution < 1.29 is 22.6 Å². The molecule has 2 aromatic carbocycles. The Morgan fingerprint density at radius 2 is 1.84 bits per heavy atom. The number of hydrogen-bond donors (Lipinski definition) is 0. The fraction of sp³-hybridized carbons (Fsp3) is 0.409. The molecular formula is C22H23ClF3N3O2. The van der Waals surface area contributed by atoms with Crippen LogP contribution >= 0.6 is 11.6 Å². The van der Waals surface area contributed by atoms with Crippen LogP contribution in [0.15, 0.2) is 42.5 Å². The molecule has 2 heterocycles. The van der Waals surface area contributed by atoms with Gasteiger partial charge in [-0.2, -0.15) is 13.2 Å². The molecule has 1 aliphatic rings. The van der Waals surface area contributed by atoms with Crippen molar-refractivity contribution in [2.24, 2.45) is 0 Å². The van der Waals surface area contributed by atoms with Crippen LogP contribution < -0.4 is 4.74 Å². The van der Waals surface area contributed by atoms with Gasteiger partial charge in [0.1, 0.15) is 18.2 Å². The Morgan fingerprint density at radius 1 is 1.06 bits per heavy atom. The van der Waals surface area contributed by atoms with Crippen LogP contribution in [-0.2, 0) is 24.1 Å². The average Bonchev–Trinajstić information content (AvgIpc) is 3.10. The summed E-state index contributed by atoms with van der Waals surface area (Å²) in [6.07, 6.45) is -3.58. The van der Waals surface area contributed by atoms with Crippen LogP contribution in [-0.4, -0.2) is 47.3 Å². The van der Waals surface area contributed by atoms with Gasteiger partial charge in [-0.15, -0.1) is 0 Å². The molecule has 0 unspecified atom stereocenters. The Labute approximate surface area is 183 Å². The highest BCUT2D eigenvalue weighted by molar-refractivity contribution is 6.32. The second kappa shape index (κ2) is 9.46. The molecule has 1 aromatic heterocycles. The topological polar surface area (TPSA) is 39.5 Å². The summed E-state index contributed by atoms with van der Waals surface area (Å²) in [5, 5.41) is 0.469. The van der Waals surface area contributed by atoms with Crippen molar-refractivity contribution in [3.8, 4) is 5.75 Å². The third-order valence-corrected chi connectivity index (χ3v) is 5.62. The Hall–Kier alpha value is -2.29. The molecule has 9 heteroatoms. The van der Waals surface area contributed by atoms with E-state index >= 15 is 0 Å². The maximum absolute atomic E-state index is 13.2. The number of alkyl halides is 3. The van der Waals surface area contributed by atoms with Gasteiger partial charge >= 0.3 is 6.18 Å². The second-order valence-electron chi connectivity index (χ2n) is 7.41. The Kier molecular flexibility index (Phi) is 6.69. The van der Waals surface area contributed by atoms with E-state index in [9.17, 15) is 13.2 Å². The van der Waals surface area contributed by atoms with E-state index in [1.807, 2.05) is 10.6 Å². The van der Waals surface area contributed by atoms with Gasteiger partial charge in [0.25, 0.3) is 0 Å². The smallest absolute Gasteiger partial charge is 0.416 e. The molecule has 31 heavy (non-hydrogen) atoms. The SMILES string of the molecule is FC(F)(F)c1ccc2c(c1)nc(COc1ccccc1Cl)n2CCCN1CCOCC1. The number of hydrogen-bond acceptors (Lipinski definition) is 4. The number of fused-ring (bicyclic) bond motifs is 1. The normalized spacial score (nSPS) is 15.5. The van der Waals surface area contributed by atoms with E-state index in [1.165, 1.54) is 6.07 Å². The Morgan fingerprint density at radius 3 is 2.58 bits per heavy atom. The molecule has 0 spiro atoms. The lowest BCUT2D eigenvalue weighted by molar-refractivity contribution is -0.137. The summed E-state index contributed by atoms with van der Waals surface area (Å²) in [6.45, 7) is 4.85. The summed E-state index contributed by atoms with van der Waals surface area (Å²) in [4.78, 5) is 6.78. The van der Waals surface area contributed by atoms with Crippen LogP contribution in [0, 0.1) is 0 Å². The standard InChI is InChI=1S/C22H23ClF3N3O2/c23-17-4-1-2-5-20(17)31-15-21-27-18-14-16(22(24,25)26)6-7-19(18)29(21)9-3-8-28-10-12-30-13-11-28/h1-2,4-7,14H,3,8-13,15H2. The van der Waals surface area contributed by atoms with Crippen molar-refractivity contribution in [2.45, 2.75) is 25.7 Å². The number of aromatic nitrogens is 2. The first-order valence-electron chi connectivity index (χ1n) is 10.2. The van der Waals surface area contributed by atoms with Gasteiger partial charge < -0.3 is 14.0 Å². The highest BCUT2D eigenvalue weighted by Crippen LogP contribution is 2.32. The van der Waals surface area contributed by atoms with E-state index in [-0.39, 0.29) is 6.61 Å². The van der Waals surface area contributed by atoms with E-state index in [0.29, 0.717) is 34.2 Å². The molecule has 166 valence electrons.